The second-order valence-electron chi connectivity index (χ2n) is 7.29. The van der Waals surface area contributed by atoms with Gasteiger partial charge in [-0.2, -0.15) is 5.10 Å². The molecule has 7 nitrogen and oxygen atoms in total. The molecule has 154 valence electrons. The molecule has 1 aliphatic heterocycles. The molecule has 0 bridgehead atoms. The van der Waals surface area contributed by atoms with Crippen molar-refractivity contribution in [1.29, 1.82) is 0 Å². The number of hydrogen-bond donors (Lipinski definition) is 0. The van der Waals surface area contributed by atoms with Crippen molar-refractivity contribution >= 4 is 5.91 Å². The molecule has 0 N–H and O–H groups in total. The smallest absolute Gasteiger partial charge is 0.272 e. The summed E-state index contributed by atoms with van der Waals surface area (Å²) in [5, 5.41) is 4.74. The van der Waals surface area contributed by atoms with E-state index in [1.807, 2.05) is 10.7 Å². The molecule has 1 aliphatic rings. The summed E-state index contributed by atoms with van der Waals surface area (Å²) in [7, 11) is 0. The highest BCUT2D eigenvalue weighted by Gasteiger charge is 2.30. The van der Waals surface area contributed by atoms with Crippen molar-refractivity contribution in [2.75, 3.05) is 6.54 Å². The summed E-state index contributed by atoms with van der Waals surface area (Å²) in [6, 6.07) is 13.7. The standard InChI is InChI=1S/C23H19FN6O/c24-18-7-2-1-6-16(18)14-30-20-9-13-29(23(31)19-8-3-4-10-25-19)15-17(20)21(28-30)22-26-11-5-12-27-22/h1-8,10-12H,9,13-15H2. The molecular weight excluding hydrogens is 395 g/mol. The summed E-state index contributed by atoms with van der Waals surface area (Å²) in [6.45, 7) is 1.20. The fourth-order valence-electron chi connectivity index (χ4n) is 3.84. The van der Waals surface area contributed by atoms with Gasteiger partial charge in [0.25, 0.3) is 5.91 Å². The van der Waals surface area contributed by atoms with E-state index in [0.29, 0.717) is 48.8 Å². The second-order valence-corrected chi connectivity index (χ2v) is 7.29. The molecule has 0 radical (unpaired) electrons. The highest BCUT2D eigenvalue weighted by molar-refractivity contribution is 5.92. The first-order valence-electron chi connectivity index (χ1n) is 10.0. The first kappa shape index (κ1) is 19.0. The summed E-state index contributed by atoms with van der Waals surface area (Å²) in [4.78, 5) is 27.6. The zero-order chi connectivity index (χ0) is 21.2. The number of aromatic nitrogens is 5. The van der Waals surface area contributed by atoms with Crippen LogP contribution in [0.5, 0.6) is 0 Å². The maximum absolute atomic E-state index is 14.3. The van der Waals surface area contributed by atoms with E-state index in [-0.39, 0.29) is 11.7 Å². The highest BCUT2D eigenvalue weighted by atomic mass is 19.1. The van der Waals surface area contributed by atoms with Crippen molar-refractivity contribution in [1.82, 2.24) is 29.6 Å². The summed E-state index contributed by atoms with van der Waals surface area (Å²) in [6.07, 6.45) is 5.52. The zero-order valence-corrected chi connectivity index (χ0v) is 16.6. The average molecular weight is 414 g/mol. The van der Waals surface area contributed by atoms with Crippen molar-refractivity contribution in [2.24, 2.45) is 0 Å². The van der Waals surface area contributed by atoms with Crippen LogP contribution in [0.3, 0.4) is 0 Å². The van der Waals surface area contributed by atoms with Gasteiger partial charge in [-0.1, -0.05) is 24.3 Å². The molecule has 8 heteroatoms. The van der Waals surface area contributed by atoms with Crippen LogP contribution in [0.1, 0.15) is 27.3 Å². The third-order valence-corrected chi connectivity index (χ3v) is 5.36. The monoisotopic (exact) mass is 414 g/mol. The molecular formula is C23H19FN6O. The SMILES string of the molecule is O=C(c1ccccn1)N1CCc2c(c(-c3ncccn3)nn2Cc2ccccc2F)C1. The van der Waals surface area contributed by atoms with E-state index in [1.54, 1.807) is 59.9 Å². The number of carbonyl (C=O) groups excluding carboxylic acids is 1. The van der Waals surface area contributed by atoms with Crippen LogP contribution in [-0.4, -0.2) is 42.1 Å². The number of benzene rings is 1. The third kappa shape index (κ3) is 3.68. The van der Waals surface area contributed by atoms with E-state index in [4.69, 9.17) is 5.10 Å². The van der Waals surface area contributed by atoms with Gasteiger partial charge in [0.2, 0.25) is 0 Å². The minimum absolute atomic E-state index is 0.131. The van der Waals surface area contributed by atoms with E-state index in [1.165, 1.54) is 6.07 Å². The molecule has 3 aromatic heterocycles. The van der Waals surface area contributed by atoms with E-state index in [2.05, 4.69) is 15.0 Å². The van der Waals surface area contributed by atoms with Gasteiger partial charge in [0.15, 0.2) is 5.82 Å². The Morgan fingerprint density at radius 3 is 2.52 bits per heavy atom. The molecule has 0 saturated carbocycles. The van der Waals surface area contributed by atoms with Gasteiger partial charge >= 0.3 is 0 Å². The lowest BCUT2D eigenvalue weighted by atomic mass is 10.0. The van der Waals surface area contributed by atoms with Crippen LogP contribution in [0.25, 0.3) is 11.5 Å². The average Bonchev–Trinajstić information content (AvgIpc) is 3.19. The lowest BCUT2D eigenvalue weighted by Crippen LogP contribution is -2.37. The van der Waals surface area contributed by atoms with Crippen molar-refractivity contribution in [2.45, 2.75) is 19.5 Å². The van der Waals surface area contributed by atoms with Crippen molar-refractivity contribution in [3.63, 3.8) is 0 Å². The number of halogens is 1. The van der Waals surface area contributed by atoms with E-state index < -0.39 is 0 Å². The molecule has 31 heavy (non-hydrogen) atoms. The van der Waals surface area contributed by atoms with E-state index in [9.17, 15) is 9.18 Å². The van der Waals surface area contributed by atoms with E-state index in [0.717, 1.165) is 11.3 Å². The van der Waals surface area contributed by atoms with Crippen LogP contribution in [0.4, 0.5) is 4.39 Å². The highest BCUT2D eigenvalue weighted by Crippen LogP contribution is 2.29. The Balaban J connectivity index is 1.53. The Kier molecular flexibility index (Phi) is 4.95. The quantitative estimate of drug-likeness (QED) is 0.513. The molecule has 0 aliphatic carbocycles. The molecule has 0 atom stereocenters. The van der Waals surface area contributed by atoms with Crippen LogP contribution in [0, 0.1) is 5.82 Å². The van der Waals surface area contributed by atoms with Gasteiger partial charge in [0.1, 0.15) is 17.2 Å². The lowest BCUT2D eigenvalue weighted by molar-refractivity contribution is 0.0727. The van der Waals surface area contributed by atoms with Crippen LogP contribution in [0.15, 0.2) is 67.1 Å². The van der Waals surface area contributed by atoms with Gasteiger partial charge in [-0.3, -0.25) is 14.5 Å². The Hall–Kier alpha value is -3.94. The number of carbonyl (C=O) groups is 1. The second kappa shape index (κ2) is 8.06. The molecule has 4 aromatic rings. The van der Waals surface area contributed by atoms with Gasteiger partial charge in [-0.15, -0.1) is 0 Å². The fraction of sp³-hybridized carbons (Fsp3) is 0.174. The summed E-state index contributed by atoms with van der Waals surface area (Å²) < 4.78 is 16.1. The summed E-state index contributed by atoms with van der Waals surface area (Å²) in [5.41, 5.74) is 3.43. The summed E-state index contributed by atoms with van der Waals surface area (Å²) >= 11 is 0. The van der Waals surface area contributed by atoms with Crippen LogP contribution in [-0.2, 0) is 19.5 Å². The first-order valence-corrected chi connectivity index (χ1v) is 10.0. The lowest BCUT2D eigenvalue weighted by Gasteiger charge is -2.27. The molecule has 1 aromatic carbocycles. The minimum Gasteiger partial charge on any atom is -0.332 e. The van der Waals surface area contributed by atoms with Gasteiger partial charge < -0.3 is 4.90 Å². The number of nitrogens with zero attached hydrogens (tertiary/aromatic N) is 6. The maximum atomic E-state index is 14.3. The van der Waals surface area contributed by atoms with Gasteiger partial charge in [0, 0.05) is 48.4 Å². The third-order valence-electron chi connectivity index (χ3n) is 5.36. The first-order chi connectivity index (χ1) is 15.2. The number of amides is 1. The van der Waals surface area contributed by atoms with Crippen molar-refractivity contribution in [3.05, 3.63) is 95.5 Å². The fourth-order valence-corrected chi connectivity index (χ4v) is 3.84. The van der Waals surface area contributed by atoms with Crippen LogP contribution < -0.4 is 0 Å². The minimum atomic E-state index is -0.271. The summed E-state index contributed by atoms with van der Waals surface area (Å²) in [5.74, 6) is 0.0817. The predicted molar refractivity (Wildman–Crippen MR) is 111 cm³/mol. The molecule has 1 amide bonds. The Bertz CT molecular complexity index is 1230. The normalized spacial score (nSPS) is 13.1. The number of fused-ring (bicyclic) bond motifs is 1. The molecule has 0 fully saturated rings. The number of hydrogen-bond acceptors (Lipinski definition) is 5. The number of pyridine rings is 1. The van der Waals surface area contributed by atoms with Gasteiger partial charge in [-0.25, -0.2) is 14.4 Å². The zero-order valence-electron chi connectivity index (χ0n) is 16.6. The molecule has 0 unspecified atom stereocenters. The number of rotatable bonds is 4. The maximum Gasteiger partial charge on any atom is 0.272 e. The Labute approximate surface area is 178 Å². The molecule has 0 spiro atoms. The van der Waals surface area contributed by atoms with E-state index >= 15 is 0 Å². The molecule has 0 saturated heterocycles. The van der Waals surface area contributed by atoms with Crippen LogP contribution in [0.2, 0.25) is 0 Å². The topological polar surface area (TPSA) is 76.8 Å². The van der Waals surface area contributed by atoms with Gasteiger partial charge in [-0.05, 0) is 24.3 Å². The van der Waals surface area contributed by atoms with Crippen molar-refractivity contribution in [3.8, 4) is 11.5 Å². The Morgan fingerprint density at radius 2 is 1.74 bits per heavy atom. The van der Waals surface area contributed by atoms with Crippen LogP contribution >= 0.6 is 0 Å². The van der Waals surface area contributed by atoms with Gasteiger partial charge in [0.05, 0.1) is 13.1 Å². The molecule has 5 rings (SSSR count). The van der Waals surface area contributed by atoms with Crippen molar-refractivity contribution < 1.29 is 9.18 Å². The molecule has 4 heterocycles. The Morgan fingerprint density at radius 1 is 0.968 bits per heavy atom. The largest absolute Gasteiger partial charge is 0.332 e. The predicted octanol–water partition coefficient (Wildman–Crippen LogP) is 3.12.